The third kappa shape index (κ3) is 3.18. The number of fused-ring (bicyclic) bond motifs is 2. The van der Waals surface area contributed by atoms with Crippen molar-refractivity contribution in [3.63, 3.8) is 0 Å². The monoisotopic (exact) mass is 360 g/mol. The summed E-state index contributed by atoms with van der Waals surface area (Å²) in [4.78, 5) is 25.2. The van der Waals surface area contributed by atoms with Crippen molar-refractivity contribution in [1.82, 2.24) is 15.0 Å². The standard InChI is InChI=1S/C19H12N4O2S/c1-2-9-25-13-7-8-14-12(10-13)11-20-17(21-14)18(24)23-19-22-15-5-3-4-6-16(15)26-19/h1,3-8,10-11H,9H2,(H,22,23,24). The molecule has 6 nitrogen and oxygen atoms in total. The van der Waals surface area contributed by atoms with Gasteiger partial charge in [0.25, 0.3) is 5.91 Å². The molecule has 0 saturated heterocycles. The Morgan fingerprint density at radius 3 is 2.92 bits per heavy atom. The molecule has 2 heterocycles. The fourth-order valence-corrected chi connectivity index (χ4v) is 3.28. The van der Waals surface area contributed by atoms with Gasteiger partial charge in [-0.2, -0.15) is 0 Å². The van der Waals surface area contributed by atoms with Gasteiger partial charge in [0.2, 0.25) is 5.82 Å². The smallest absolute Gasteiger partial charge is 0.295 e. The van der Waals surface area contributed by atoms with Crippen molar-refractivity contribution in [3.05, 3.63) is 54.5 Å². The molecule has 1 N–H and O–H groups in total. The number of benzene rings is 2. The second-order valence-corrected chi connectivity index (χ2v) is 6.38. The summed E-state index contributed by atoms with van der Waals surface area (Å²) in [5, 5.41) is 4.02. The average molecular weight is 360 g/mol. The van der Waals surface area contributed by atoms with Crippen LogP contribution in [0, 0.1) is 12.3 Å². The van der Waals surface area contributed by atoms with E-state index in [1.807, 2.05) is 24.3 Å². The number of nitrogens with zero attached hydrogens (tertiary/aromatic N) is 3. The fourth-order valence-electron chi connectivity index (χ4n) is 2.41. The van der Waals surface area contributed by atoms with Crippen molar-refractivity contribution in [2.45, 2.75) is 0 Å². The topological polar surface area (TPSA) is 77.0 Å². The number of terminal acetylenes is 1. The zero-order valence-electron chi connectivity index (χ0n) is 13.5. The average Bonchev–Trinajstić information content (AvgIpc) is 3.08. The van der Waals surface area contributed by atoms with Gasteiger partial charge in [0.05, 0.1) is 15.7 Å². The lowest BCUT2D eigenvalue weighted by Gasteiger charge is -2.05. The van der Waals surface area contributed by atoms with Crippen LogP contribution in [0.4, 0.5) is 5.13 Å². The van der Waals surface area contributed by atoms with Crippen molar-refractivity contribution in [2.24, 2.45) is 0 Å². The minimum absolute atomic E-state index is 0.0778. The van der Waals surface area contributed by atoms with E-state index in [0.29, 0.717) is 16.4 Å². The summed E-state index contributed by atoms with van der Waals surface area (Å²) in [6, 6.07) is 13.0. The van der Waals surface area contributed by atoms with Crippen LogP contribution in [0.1, 0.15) is 10.6 Å². The van der Waals surface area contributed by atoms with Crippen LogP contribution in [0.5, 0.6) is 5.75 Å². The minimum Gasteiger partial charge on any atom is -0.481 e. The molecule has 1 amide bonds. The van der Waals surface area contributed by atoms with E-state index < -0.39 is 5.91 Å². The predicted molar refractivity (Wildman–Crippen MR) is 101 cm³/mol. The van der Waals surface area contributed by atoms with Crippen LogP contribution in [0.25, 0.3) is 21.1 Å². The molecule has 26 heavy (non-hydrogen) atoms. The molecule has 0 unspecified atom stereocenters. The molecular weight excluding hydrogens is 348 g/mol. The molecule has 2 aromatic carbocycles. The molecule has 4 rings (SSSR count). The number of aromatic nitrogens is 3. The molecule has 0 fully saturated rings. The number of nitrogens with one attached hydrogen (secondary N) is 1. The van der Waals surface area contributed by atoms with Crippen LogP contribution in [-0.2, 0) is 0 Å². The lowest BCUT2D eigenvalue weighted by Crippen LogP contribution is -2.15. The number of carbonyl (C=O) groups is 1. The third-order valence-electron chi connectivity index (χ3n) is 3.59. The summed E-state index contributed by atoms with van der Waals surface area (Å²) in [6.45, 7) is 0.190. The maximum atomic E-state index is 12.4. The second kappa shape index (κ2) is 6.78. The van der Waals surface area contributed by atoms with E-state index in [1.165, 1.54) is 11.3 Å². The highest BCUT2D eigenvalue weighted by Gasteiger charge is 2.13. The van der Waals surface area contributed by atoms with E-state index in [0.717, 1.165) is 15.6 Å². The van der Waals surface area contributed by atoms with E-state index in [9.17, 15) is 4.79 Å². The van der Waals surface area contributed by atoms with Crippen molar-refractivity contribution in [2.75, 3.05) is 11.9 Å². The number of anilines is 1. The normalized spacial score (nSPS) is 10.6. The molecule has 2 aromatic heterocycles. The number of thiazole rings is 1. The van der Waals surface area contributed by atoms with Crippen LogP contribution in [0.15, 0.2) is 48.7 Å². The number of hydrogen-bond acceptors (Lipinski definition) is 6. The number of amides is 1. The van der Waals surface area contributed by atoms with Gasteiger partial charge in [-0.1, -0.05) is 29.4 Å². The first kappa shape index (κ1) is 16.0. The van der Waals surface area contributed by atoms with Gasteiger partial charge in [-0.3, -0.25) is 10.1 Å². The summed E-state index contributed by atoms with van der Waals surface area (Å²) in [5.41, 5.74) is 1.48. The number of rotatable bonds is 4. The lowest BCUT2D eigenvalue weighted by molar-refractivity contribution is 0.101. The summed E-state index contributed by atoms with van der Waals surface area (Å²) >= 11 is 1.40. The van der Waals surface area contributed by atoms with Gasteiger partial charge < -0.3 is 4.74 Å². The van der Waals surface area contributed by atoms with E-state index in [4.69, 9.17) is 11.2 Å². The van der Waals surface area contributed by atoms with Crippen LogP contribution in [0.2, 0.25) is 0 Å². The predicted octanol–water partition coefficient (Wildman–Crippen LogP) is 3.50. The first-order valence-corrected chi connectivity index (χ1v) is 8.54. The first-order valence-electron chi connectivity index (χ1n) is 7.73. The van der Waals surface area contributed by atoms with Gasteiger partial charge in [-0.15, -0.1) is 6.42 Å². The Hall–Kier alpha value is -3.50. The van der Waals surface area contributed by atoms with Crippen molar-refractivity contribution >= 4 is 43.5 Å². The second-order valence-electron chi connectivity index (χ2n) is 5.35. The maximum Gasteiger partial charge on any atom is 0.295 e. The fraction of sp³-hybridized carbons (Fsp3) is 0.0526. The van der Waals surface area contributed by atoms with E-state index >= 15 is 0 Å². The number of hydrogen-bond donors (Lipinski definition) is 1. The summed E-state index contributed by atoms with van der Waals surface area (Å²) in [6.07, 6.45) is 6.76. The quantitative estimate of drug-likeness (QED) is 0.564. The number of para-hydroxylation sites is 1. The van der Waals surface area contributed by atoms with E-state index in [-0.39, 0.29) is 12.4 Å². The van der Waals surface area contributed by atoms with Gasteiger partial charge in [-0.05, 0) is 30.3 Å². The minimum atomic E-state index is -0.404. The summed E-state index contributed by atoms with van der Waals surface area (Å²) in [5.74, 6) is 2.71. The Balaban J connectivity index is 1.57. The molecular formula is C19H12N4O2S. The molecule has 0 spiro atoms. The summed E-state index contributed by atoms with van der Waals surface area (Å²) < 4.78 is 6.37. The van der Waals surface area contributed by atoms with Crippen molar-refractivity contribution in [3.8, 4) is 18.1 Å². The Morgan fingerprint density at radius 2 is 2.08 bits per heavy atom. The van der Waals surface area contributed by atoms with Gasteiger partial charge in [-0.25, -0.2) is 15.0 Å². The Bertz CT molecular complexity index is 1130. The summed E-state index contributed by atoms with van der Waals surface area (Å²) in [7, 11) is 0. The highest BCUT2D eigenvalue weighted by Crippen LogP contribution is 2.25. The van der Waals surface area contributed by atoms with Crippen LogP contribution < -0.4 is 10.1 Å². The van der Waals surface area contributed by atoms with E-state index in [2.05, 4.69) is 26.2 Å². The molecule has 0 aliphatic carbocycles. The Morgan fingerprint density at radius 1 is 1.19 bits per heavy atom. The maximum absolute atomic E-state index is 12.4. The van der Waals surface area contributed by atoms with Crippen LogP contribution >= 0.6 is 11.3 Å². The van der Waals surface area contributed by atoms with Gasteiger partial charge in [0, 0.05) is 11.6 Å². The third-order valence-corrected chi connectivity index (χ3v) is 4.54. The van der Waals surface area contributed by atoms with Crippen molar-refractivity contribution in [1.29, 1.82) is 0 Å². The molecule has 0 aliphatic heterocycles. The largest absolute Gasteiger partial charge is 0.481 e. The van der Waals surface area contributed by atoms with Gasteiger partial charge >= 0.3 is 0 Å². The Labute approximate surface area is 152 Å². The van der Waals surface area contributed by atoms with Gasteiger partial charge in [0.15, 0.2) is 5.13 Å². The van der Waals surface area contributed by atoms with Crippen molar-refractivity contribution < 1.29 is 9.53 Å². The number of carbonyl (C=O) groups excluding carboxylic acids is 1. The SMILES string of the molecule is C#CCOc1ccc2nc(C(=O)Nc3nc4ccccc4s3)ncc2c1. The molecule has 0 atom stereocenters. The molecule has 0 saturated carbocycles. The molecule has 126 valence electrons. The molecule has 4 aromatic rings. The molecule has 0 radical (unpaired) electrons. The highest BCUT2D eigenvalue weighted by molar-refractivity contribution is 7.22. The first-order chi connectivity index (χ1) is 12.7. The zero-order chi connectivity index (χ0) is 17.9. The van der Waals surface area contributed by atoms with Crippen LogP contribution in [0.3, 0.4) is 0 Å². The zero-order valence-corrected chi connectivity index (χ0v) is 14.3. The highest BCUT2D eigenvalue weighted by atomic mass is 32.1. The van der Waals surface area contributed by atoms with Crippen LogP contribution in [-0.4, -0.2) is 27.5 Å². The van der Waals surface area contributed by atoms with Gasteiger partial charge in [0.1, 0.15) is 12.4 Å². The van der Waals surface area contributed by atoms with E-state index in [1.54, 1.807) is 24.4 Å². The molecule has 0 aliphatic rings. The number of ether oxygens (including phenoxy) is 1. The lowest BCUT2D eigenvalue weighted by atomic mass is 10.2. The molecule has 7 heteroatoms. The molecule has 0 bridgehead atoms. The Kier molecular flexibility index (Phi) is 4.17.